The predicted octanol–water partition coefficient (Wildman–Crippen LogP) is 2.02. The molecule has 8 nitrogen and oxygen atoms in total. The Morgan fingerprint density at radius 3 is 2.48 bits per heavy atom. The van der Waals surface area contributed by atoms with Gasteiger partial charge in [-0.05, 0) is 43.3 Å². The van der Waals surface area contributed by atoms with Crippen molar-refractivity contribution < 1.29 is 14.3 Å². The van der Waals surface area contributed by atoms with Crippen molar-refractivity contribution in [1.82, 2.24) is 14.0 Å². The summed E-state index contributed by atoms with van der Waals surface area (Å²) >= 11 is 1.25. The molecular weight excluding hydrogens is 418 g/mol. The molecule has 1 aromatic carbocycles. The quantitative estimate of drug-likeness (QED) is 0.565. The number of benzene rings is 1. The van der Waals surface area contributed by atoms with E-state index in [0.29, 0.717) is 48.4 Å². The second kappa shape index (κ2) is 8.89. The average Bonchev–Trinajstić information content (AvgIpc) is 3.28. The first-order chi connectivity index (χ1) is 15.0. The van der Waals surface area contributed by atoms with Crippen LogP contribution in [0.1, 0.15) is 19.8 Å². The van der Waals surface area contributed by atoms with Gasteiger partial charge in [0.1, 0.15) is 11.2 Å². The normalized spacial score (nSPS) is 14.7. The molecule has 162 valence electrons. The van der Waals surface area contributed by atoms with Crippen LogP contribution < -0.4 is 11.2 Å². The maximum absolute atomic E-state index is 13.2. The maximum Gasteiger partial charge on any atom is 0.336 e. The lowest BCUT2D eigenvalue weighted by atomic mass is 9.97. The zero-order chi connectivity index (χ0) is 22.0. The Hall–Kier alpha value is -3.20. The van der Waals surface area contributed by atoms with Gasteiger partial charge in [-0.2, -0.15) is 0 Å². The Morgan fingerprint density at radius 1 is 1.10 bits per heavy atom. The molecule has 1 aliphatic rings. The summed E-state index contributed by atoms with van der Waals surface area (Å²) in [6, 6.07) is 10.4. The summed E-state index contributed by atoms with van der Waals surface area (Å²) in [7, 11) is 0. The highest BCUT2D eigenvalue weighted by atomic mass is 32.1. The number of hydrogen-bond acceptors (Lipinski definition) is 6. The molecule has 9 heteroatoms. The number of fused-ring (bicyclic) bond motifs is 1. The zero-order valence-corrected chi connectivity index (χ0v) is 18.0. The van der Waals surface area contributed by atoms with E-state index < -0.39 is 5.69 Å². The molecule has 31 heavy (non-hydrogen) atoms. The van der Waals surface area contributed by atoms with Gasteiger partial charge >= 0.3 is 11.7 Å². The SMILES string of the molecule is CCOC(=O)C1CCN(C(=O)Cn2c(=O)n(-c3ccccc3)c(=O)c3sccc32)CC1. The fourth-order valence-electron chi connectivity index (χ4n) is 3.90. The van der Waals surface area contributed by atoms with Crippen molar-refractivity contribution in [3.8, 4) is 5.69 Å². The van der Waals surface area contributed by atoms with E-state index in [1.807, 2.05) is 0 Å². The van der Waals surface area contributed by atoms with Gasteiger partial charge in [0.25, 0.3) is 5.56 Å². The summed E-state index contributed by atoms with van der Waals surface area (Å²) in [6.07, 6.45) is 1.08. The number of amides is 1. The van der Waals surface area contributed by atoms with Crippen LogP contribution in [-0.4, -0.2) is 45.6 Å². The van der Waals surface area contributed by atoms with E-state index in [2.05, 4.69) is 0 Å². The number of carbonyl (C=O) groups excluding carboxylic acids is 2. The van der Waals surface area contributed by atoms with E-state index in [0.717, 1.165) is 4.57 Å². The number of nitrogens with zero attached hydrogens (tertiary/aromatic N) is 3. The predicted molar refractivity (Wildman–Crippen MR) is 118 cm³/mol. The molecule has 0 spiro atoms. The zero-order valence-electron chi connectivity index (χ0n) is 17.2. The fourth-order valence-corrected chi connectivity index (χ4v) is 4.73. The van der Waals surface area contributed by atoms with Crippen LogP contribution in [0.2, 0.25) is 0 Å². The second-order valence-corrected chi connectivity index (χ2v) is 8.30. The standard InChI is InChI=1S/C22H23N3O5S/c1-2-30-21(28)15-8-11-23(12-9-15)18(26)14-24-17-10-13-31-19(17)20(27)25(22(24)29)16-6-4-3-5-7-16/h3-7,10,13,15H,2,8-9,11-12,14H2,1H3. The third-order valence-corrected chi connectivity index (χ3v) is 6.42. The minimum absolute atomic E-state index is 0.163. The lowest BCUT2D eigenvalue weighted by molar-refractivity contribution is -0.151. The molecule has 0 aliphatic carbocycles. The van der Waals surface area contributed by atoms with Crippen LogP contribution in [0.4, 0.5) is 0 Å². The number of rotatable bonds is 5. The van der Waals surface area contributed by atoms with Crippen molar-refractivity contribution in [2.45, 2.75) is 26.3 Å². The van der Waals surface area contributed by atoms with Gasteiger partial charge in [-0.1, -0.05) is 18.2 Å². The van der Waals surface area contributed by atoms with Crippen molar-refractivity contribution in [3.63, 3.8) is 0 Å². The number of hydrogen-bond donors (Lipinski definition) is 0. The summed E-state index contributed by atoms with van der Waals surface area (Å²) in [5, 5.41) is 1.74. The monoisotopic (exact) mass is 441 g/mol. The Labute approximate surface area is 182 Å². The van der Waals surface area contributed by atoms with E-state index in [-0.39, 0.29) is 29.9 Å². The number of carbonyl (C=O) groups is 2. The minimum atomic E-state index is -0.545. The molecule has 0 N–H and O–H groups in total. The molecule has 3 heterocycles. The smallest absolute Gasteiger partial charge is 0.336 e. The molecule has 1 amide bonds. The summed E-state index contributed by atoms with van der Waals surface area (Å²) in [4.78, 5) is 52.7. The molecule has 0 atom stereocenters. The number of para-hydroxylation sites is 1. The molecule has 1 saturated heterocycles. The van der Waals surface area contributed by atoms with Gasteiger partial charge in [0.05, 0.1) is 23.7 Å². The van der Waals surface area contributed by atoms with Crippen LogP contribution in [-0.2, 0) is 20.9 Å². The molecule has 3 aromatic rings. The highest BCUT2D eigenvalue weighted by Crippen LogP contribution is 2.20. The third-order valence-electron chi connectivity index (χ3n) is 5.53. The Morgan fingerprint density at radius 2 is 1.81 bits per heavy atom. The Kier molecular flexibility index (Phi) is 6.03. The topological polar surface area (TPSA) is 90.6 Å². The molecule has 4 rings (SSSR count). The van der Waals surface area contributed by atoms with E-state index in [4.69, 9.17) is 4.74 Å². The van der Waals surface area contributed by atoms with Crippen molar-refractivity contribution >= 4 is 33.4 Å². The highest BCUT2D eigenvalue weighted by molar-refractivity contribution is 7.17. The van der Waals surface area contributed by atoms with Gasteiger partial charge in [-0.15, -0.1) is 11.3 Å². The molecule has 0 saturated carbocycles. The molecule has 0 radical (unpaired) electrons. The highest BCUT2D eigenvalue weighted by Gasteiger charge is 2.29. The van der Waals surface area contributed by atoms with E-state index >= 15 is 0 Å². The van der Waals surface area contributed by atoms with E-state index in [9.17, 15) is 19.2 Å². The summed E-state index contributed by atoms with van der Waals surface area (Å²) in [5.41, 5.74) is -0.0109. The first-order valence-corrected chi connectivity index (χ1v) is 11.1. The van der Waals surface area contributed by atoms with E-state index in [1.54, 1.807) is 53.6 Å². The molecule has 0 unspecified atom stereocenters. The lowest BCUT2D eigenvalue weighted by Gasteiger charge is -2.31. The van der Waals surface area contributed by atoms with Crippen molar-refractivity contribution in [2.75, 3.05) is 19.7 Å². The Bertz CT molecular complexity index is 1220. The average molecular weight is 442 g/mol. The lowest BCUT2D eigenvalue weighted by Crippen LogP contribution is -2.45. The van der Waals surface area contributed by atoms with Crippen LogP contribution >= 0.6 is 11.3 Å². The first kappa shape index (κ1) is 21.0. The van der Waals surface area contributed by atoms with Crippen molar-refractivity contribution in [2.24, 2.45) is 5.92 Å². The number of ether oxygens (including phenoxy) is 1. The van der Waals surface area contributed by atoms with Gasteiger partial charge in [0.15, 0.2) is 0 Å². The van der Waals surface area contributed by atoms with Crippen LogP contribution in [0.5, 0.6) is 0 Å². The molecular formula is C22H23N3O5S. The van der Waals surface area contributed by atoms with Crippen molar-refractivity contribution in [1.29, 1.82) is 0 Å². The van der Waals surface area contributed by atoms with Crippen LogP contribution in [0, 0.1) is 5.92 Å². The third kappa shape index (κ3) is 4.05. The molecule has 2 aromatic heterocycles. The summed E-state index contributed by atoms with van der Waals surface area (Å²) in [5.74, 6) is -0.633. The van der Waals surface area contributed by atoms with Crippen LogP contribution in [0.15, 0.2) is 51.4 Å². The maximum atomic E-state index is 13.2. The van der Waals surface area contributed by atoms with Gasteiger partial charge in [-0.25, -0.2) is 9.36 Å². The minimum Gasteiger partial charge on any atom is -0.466 e. The van der Waals surface area contributed by atoms with Gasteiger partial charge < -0.3 is 9.64 Å². The Balaban J connectivity index is 1.61. The summed E-state index contributed by atoms with van der Waals surface area (Å²) < 4.78 is 7.97. The van der Waals surface area contributed by atoms with Gasteiger partial charge in [0.2, 0.25) is 5.91 Å². The molecule has 0 bridgehead atoms. The number of piperidine rings is 1. The fraction of sp³-hybridized carbons (Fsp3) is 0.364. The molecule has 1 fully saturated rings. The van der Waals surface area contributed by atoms with Crippen LogP contribution in [0.25, 0.3) is 15.9 Å². The van der Waals surface area contributed by atoms with E-state index in [1.165, 1.54) is 15.9 Å². The van der Waals surface area contributed by atoms with Gasteiger partial charge in [-0.3, -0.25) is 19.0 Å². The first-order valence-electron chi connectivity index (χ1n) is 10.2. The van der Waals surface area contributed by atoms with Gasteiger partial charge in [0, 0.05) is 13.1 Å². The number of likely N-dealkylation sites (tertiary alicyclic amines) is 1. The summed E-state index contributed by atoms with van der Waals surface area (Å²) in [6.45, 7) is 2.82. The largest absolute Gasteiger partial charge is 0.466 e. The van der Waals surface area contributed by atoms with Crippen LogP contribution in [0.3, 0.4) is 0 Å². The number of thiophene rings is 1. The second-order valence-electron chi connectivity index (χ2n) is 7.39. The number of esters is 1. The molecule has 1 aliphatic heterocycles. The van der Waals surface area contributed by atoms with Crippen molar-refractivity contribution in [3.05, 3.63) is 62.6 Å². The number of aromatic nitrogens is 2.